The molecule has 0 aliphatic carbocycles. The molecular weight excluding hydrogens is 532 g/mol. The zero-order valence-electron chi connectivity index (χ0n) is 20.1. The summed E-state index contributed by atoms with van der Waals surface area (Å²) in [4.78, 5) is 3.80. The van der Waals surface area contributed by atoms with Gasteiger partial charge in [0, 0.05) is 22.2 Å². The molecule has 39 heavy (non-hydrogen) atoms. The van der Waals surface area contributed by atoms with Crippen molar-refractivity contribution in [1.82, 2.24) is 0 Å². The van der Waals surface area contributed by atoms with Gasteiger partial charge in [-0.25, -0.2) is 0 Å². The Morgan fingerprint density at radius 3 is 2.10 bits per heavy atom. The van der Waals surface area contributed by atoms with Crippen LogP contribution in [0.1, 0.15) is 0 Å². The highest BCUT2D eigenvalue weighted by Gasteiger charge is 2.25. The predicted molar refractivity (Wildman–Crippen MR) is 150 cm³/mol. The van der Waals surface area contributed by atoms with Crippen LogP contribution in [0.2, 0.25) is 0 Å². The van der Waals surface area contributed by atoms with Crippen molar-refractivity contribution in [3.63, 3.8) is 0 Å². The van der Waals surface area contributed by atoms with Gasteiger partial charge in [0.05, 0.1) is 9.79 Å². The number of hydrogen-bond donors (Lipinski definition) is 1. The fraction of sp³-hybridized carbons (Fsp3) is 0. The summed E-state index contributed by atoms with van der Waals surface area (Å²) >= 11 is 1.19. The first-order valence-electron chi connectivity index (χ1n) is 11.8. The molecular formula is C30H18N2O5S2. The average molecular weight is 551 g/mol. The minimum Gasteiger partial charge on any atom is -0.867 e. The van der Waals surface area contributed by atoms with E-state index in [1.165, 1.54) is 42.1 Å². The van der Waals surface area contributed by atoms with E-state index in [4.69, 9.17) is 9.58 Å². The summed E-state index contributed by atoms with van der Waals surface area (Å²) < 4.78 is 33.3. The van der Waals surface area contributed by atoms with Crippen molar-refractivity contribution in [3.8, 4) is 17.2 Å². The van der Waals surface area contributed by atoms with E-state index in [0.717, 1.165) is 10.8 Å². The maximum absolute atomic E-state index is 13.7. The topological polar surface area (TPSA) is 115 Å². The maximum atomic E-state index is 13.7. The van der Waals surface area contributed by atoms with Crippen molar-refractivity contribution < 1.29 is 22.8 Å². The van der Waals surface area contributed by atoms with Crippen LogP contribution in [-0.2, 0) is 10.1 Å². The number of nitrogens with zero attached hydrogens (tertiary/aromatic N) is 2. The van der Waals surface area contributed by atoms with E-state index in [-0.39, 0.29) is 32.9 Å². The zero-order chi connectivity index (χ0) is 27.1. The van der Waals surface area contributed by atoms with Gasteiger partial charge in [-0.15, -0.1) is 0 Å². The first-order valence-corrected chi connectivity index (χ1v) is 14.0. The second kappa shape index (κ2) is 9.51. The van der Waals surface area contributed by atoms with E-state index in [1.54, 1.807) is 24.3 Å². The summed E-state index contributed by atoms with van der Waals surface area (Å²) in [5.41, 5.74) is -0.194. The molecule has 0 spiro atoms. The molecule has 0 saturated carbocycles. The van der Waals surface area contributed by atoms with Crippen LogP contribution in [0.5, 0.6) is 17.2 Å². The number of benzene rings is 6. The van der Waals surface area contributed by atoms with E-state index < -0.39 is 15.9 Å². The van der Waals surface area contributed by atoms with Crippen LogP contribution in [0, 0.1) is 5.39 Å². The van der Waals surface area contributed by atoms with Crippen molar-refractivity contribution in [2.24, 2.45) is 0 Å². The molecule has 7 nitrogen and oxygen atoms in total. The maximum Gasteiger partial charge on any atom is 0.378 e. The second-order valence-electron chi connectivity index (χ2n) is 8.75. The SMILES string of the molecule is N#[N+]c1ccc2c(S(=O)(=O)Oc3c(Sc4ccc5ccccc5c4O)ccc4ccccc34)cccc2c1[O-]. The molecule has 6 aromatic carbocycles. The molecule has 0 aromatic heterocycles. The molecule has 0 bridgehead atoms. The fourth-order valence-corrected chi connectivity index (χ4v) is 6.76. The normalized spacial score (nSPS) is 11.6. The van der Waals surface area contributed by atoms with E-state index in [1.807, 2.05) is 48.5 Å². The summed E-state index contributed by atoms with van der Waals surface area (Å²) in [5.74, 6) is -0.408. The Morgan fingerprint density at radius 2 is 1.36 bits per heavy atom. The van der Waals surface area contributed by atoms with Gasteiger partial charge in [0.15, 0.2) is 10.7 Å². The molecule has 0 fully saturated rings. The number of diazo groups is 1. The molecule has 0 amide bonds. The number of phenols is 1. The Labute approximate surface area is 227 Å². The minimum absolute atomic E-state index is 0.0854. The van der Waals surface area contributed by atoms with Gasteiger partial charge in [-0.1, -0.05) is 84.6 Å². The lowest BCUT2D eigenvalue weighted by molar-refractivity contribution is -0.264. The molecule has 9 heteroatoms. The molecule has 190 valence electrons. The van der Waals surface area contributed by atoms with E-state index in [0.29, 0.717) is 20.6 Å². The Hall–Kier alpha value is -4.78. The van der Waals surface area contributed by atoms with Crippen LogP contribution >= 0.6 is 11.8 Å². The van der Waals surface area contributed by atoms with Crippen molar-refractivity contribution in [2.75, 3.05) is 0 Å². The second-order valence-corrected chi connectivity index (χ2v) is 11.4. The summed E-state index contributed by atoms with van der Waals surface area (Å²) in [7, 11) is -4.44. The van der Waals surface area contributed by atoms with Crippen LogP contribution in [0.4, 0.5) is 5.69 Å². The van der Waals surface area contributed by atoms with Crippen LogP contribution < -0.4 is 9.29 Å². The molecule has 6 aromatic rings. The summed E-state index contributed by atoms with van der Waals surface area (Å²) in [6.45, 7) is 0. The van der Waals surface area contributed by atoms with E-state index in [2.05, 4.69) is 4.98 Å². The summed E-state index contributed by atoms with van der Waals surface area (Å²) in [6.07, 6.45) is 0. The van der Waals surface area contributed by atoms with Gasteiger partial charge in [0.25, 0.3) is 0 Å². The third kappa shape index (κ3) is 4.26. The molecule has 0 saturated heterocycles. The third-order valence-electron chi connectivity index (χ3n) is 6.45. The molecule has 0 aliphatic heterocycles. The third-order valence-corrected chi connectivity index (χ3v) is 8.82. The lowest BCUT2D eigenvalue weighted by Crippen LogP contribution is -2.11. The Kier molecular flexibility index (Phi) is 5.99. The van der Waals surface area contributed by atoms with Gasteiger partial charge in [0.1, 0.15) is 10.6 Å². The zero-order valence-corrected chi connectivity index (χ0v) is 21.7. The minimum atomic E-state index is -4.44. The molecule has 0 radical (unpaired) electrons. The average Bonchev–Trinajstić information content (AvgIpc) is 2.95. The van der Waals surface area contributed by atoms with Crippen molar-refractivity contribution in [2.45, 2.75) is 14.7 Å². The van der Waals surface area contributed by atoms with E-state index in [9.17, 15) is 18.6 Å². The number of aromatic hydroxyl groups is 1. The number of fused-ring (bicyclic) bond motifs is 3. The van der Waals surface area contributed by atoms with Gasteiger partial charge in [-0.3, -0.25) is 0 Å². The quantitative estimate of drug-likeness (QED) is 0.176. The van der Waals surface area contributed by atoms with Gasteiger partial charge >= 0.3 is 15.8 Å². The molecule has 0 atom stereocenters. The smallest absolute Gasteiger partial charge is 0.378 e. The lowest BCUT2D eigenvalue weighted by atomic mass is 10.1. The van der Waals surface area contributed by atoms with Crippen molar-refractivity contribution >= 4 is 59.9 Å². The number of rotatable bonds is 5. The van der Waals surface area contributed by atoms with Crippen molar-refractivity contribution in [3.05, 3.63) is 108 Å². The van der Waals surface area contributed by atoms with Gasteiger partial charge < -0.3 is 14.4 Å². The van der Waals surface area contributed by atoms with Gasteiger partial charge in [-0.2, -0.15) is 8.42 Å². The summed E-state index contributed by atoms with van der Waals surface area (Å²) in [5, 5.41) is 35.8. The largest absolute Gasteiger partial charge is 0.867 e. The summed E-state index contributed by atoms with van der Waals surface area (Å²) in [6, 6.07) is 28.9. The molecule has 6 rings (SSSR count). The van der Waals surface area contributed by atoms with Crippen LogP contribution in [0.15, 0.2) is 118 Å². The van der Waals surface area contributed by atoms with Crippen LogP contribution in [0.25, 0.3) is 37.3 Å². The highest BCUT2D eigenvalue weighted by atomic mass is 32.2. The monoisotopic (exact) mass is 550 g/mol. The first kappa shape index (κ1) is 24.6. The van der Waals surface area contributed by atoms with Gasteiger partial charge in [0.2, 0.25) is 5.39 Å². The molecule has 0 heterocycles. The van der Waals surface area contributed by atoms with Crippen LogP contribution in [0.3, 0.4) is 0 Å². The number of phenolic OH excluding ortho intramolecular Hbond substituents is 1. The van der Waals surface area contributed by atoms with Crippen LogP contribution in [-0.4, -0.2) is 13.5 Å². The standard InChI is InChI=1S/C30H18N2O5S2/c31-32-24-15-14-22-23(28(24)33)10-5-11-27(22)39(35,36)37-30-21-9-4-2-7-19(21)13-17-26(30)38-25-16-12-18-6-1-3-8-20(18)29(25)34/h1-17H,(H-,33,34). The highest BCUT2D eigenvalue weighted by molar-refractivity contribution is 7.99. The first-order chi connectivity index (χ1) is 18.9. The Bertz CT molecular complexity index is 2090. The van der Waals surface area contributed by atoms with Crippen molar-refractivity contribution in [1.29, 1.82) is 5.39 Å². The molecule has 1 N–H and O–H groups in total. The molecule has 0 unspecified atom stereocenters. The lowest BCUT2D eigenvalue weighted by Gasteiger charge is -2.16. The van der Waals surface area contributed by atoms with Gasteiger partial charge in [-0.05, 0) is 46.2 Å². The highest BCUT2D eigenvalue weighted by Crippen LogP contribution is 2.46. The predicted octanol–water partition coefficient (Wildman–Crippen LogP) is 7.33. The fourth-order valence-electron chi connectivity index (χ4n) is 4.57. The molecule has 0 aliphatic rings. The Balaban J connectivity index is 1.50. The van der Waals surface area contributed by atoms with E-state index >= 15 is 0 Å². The Morgan fingerprint density at radius 1 is 0.718 bits per heavy atom. The number of hydrogen-bond acceptors (Lipinski definition) is 7.